The van der Waals surface area contributed by atoms with Crippen LogP contribution in [0.2, 0.25) is 5.02 Å². The van der Waals surface area contributed by atoms with Crippen LogP contribution in [0.4, 0.5) is 17.1 Å². The molecule has 3 N–H and O–H groups in total. The van der Waals surface area contributed by atoms with Crippen molar-refractivity contribution in [3.05, 3.63) is 53.1 Å². The predicted octanol–water partition coefficient (Wildman–Crippen LogP) is 3.97. The third kappa shape index (κ3) is 2.28. The van der Waals surface area contributed by atoms with Crippen LogP contribution in [0, 0.1) is 6.92 Å². The largest absolute Gasteiger partial charge is 0.397 e. The first-order valence-corrected chi connectivity index (χ1v) is 5.42. The molecule has 2 rings (SSSR count). The van der Waals surface area contributed by atoms with E-state index in [0.29, 0.717) is 10.7 Å². The molecule has 0 bridgehead atoms. The molecule has 0 saturated carbocycles. The number of rotatable bonds is 2. The molecule has 0 saturated heterocycles. The molecule has 0 spiro atoms. The first-order valence-electron chi connectivity index (χ1n) is 5.04. The number of nitrogens with one attached hydrogen (secondary N) is 1. The van der Waals surface area contributed by atoms with Gasteiger partial charge in [-0.1, -0.05) is 29.8 Å². The summed E-state index contributed by atoms with van der Waals surface area (Å²) in [7, 11) is 0. The number of para-hydroxylation sites is 1. The van der Waals surface area contributed by atoms with E-state index < -0.39 is 0 Å². The fourth-order valence-corrected chi connectivity index (χ4v) is 1.65. The molecular weight excluding hydrogens is 220 g/mol. The molecule has 82 valence electrons. The second kappa shape index (κ2) is 4.45. The Balaban J connectivity index is 2.32. The number of benzene rings is 2. The van der Waals surface area contributed by atoms with Crippen LogP contribution in [0.5, 0.6) is 0 Å². The number of aryl methyl sites for hydroxylation is 1. The van der Waals surface area contributed by atoms with Gasteiger partial charge in [0.25, 0.3) is 0 Å². The number of nitrogens with two attached hydrogens (primary N) is 1. The second-order valence-corrected chi connectivity index (χ2v) is 4.09. The Bertz CT molecular complexity index is 495. The lowest BCUT2D eigenvalue weighted by atomic mass is 10.2. The minimum absolute atomic E-state index is 0.652. The monoisotopic (exact) mass is 232 g/mol. The molecule has 16 heavy (non-hydrogen) atoms. The van der Waals surface area contributed by atoms with Crippen LogP contribution in [0.15, 0.2) is 42.5 Å². The summed E-state index contributed by atoms with van der Waals surface area (Å²) in [5.41, 5.74) is 9.44. The van der Waals surface area contributed by atoms with E-state index >= 15 is 0 Å². The third-order valence-electron chi connectivity index (χ3n) is 2.38. The summed E-state index contributed by atoms with van der Waals surface area (Å²) in [5.74, 6) is 0. The van der Waals surface area contributed by atoms with Gasteiger partial charge in [-0.15, -0.1) is 0 Å². The molecule has 0 heterocycles. The molecule has 3 heteroatoms. The van der Waals surface area contributed by atoms with Crippen molar-refractivity contribution in [3.63, 3.8) is 0 Å². The molecule has 0 fully saturated rings. The summed E-state index contributed by atoms with van der Waals surface area (Å²) in [4.78, 5) is 0. The minimum atomic E-state index is 0.652. The second-order valence-electron chi connectivity index (χ2n) is 3.68. The van der Waals surface area contributed by atoms with Crippen molar-refractivity contribution in [1.29, 1.82) is 0 Å². The van der Waals surface area contributed by atoms with E-state index in [2.05, 4.69) is 5.32 Å². The fraction of sp³-hybridized carbons (Fsp3) is 0.0769. The summed E-state index contributed by atoms with van der Waals surface area (Å²) >= 11 is 5.98. The van der Waals surface area contributed by atoms with E-state index in [9.17, 15) is 0 Å². The van der Waals surface area contributed by atoms with Crippen molar-refractivity contribution >= 4 is 28.7 Å². The topological polar surface area (TPSA) is 38.0 Å². The lowest BCUT2D eigenvalue weighted by molar-refractivity contribution is 1.45. The minimum Gasteiger partial charge on any atom is -0.397 e. The maximum atomic E-state index is 5.98. The van der Waals surface area contributed by atoms with Crippen LogP contribution in [-0.4, -0.2) is 0 Å². The standard InChI is InChI=1S/C13H13ClN2/c1-9-7-13(12(15)8-11(9)14)16-10-5-3-2-4-6-10/h2-8,16H,15H2,1H3. The van der Waals surface area contributed by atoms with Gasteiger partial charge in [-0.3, -0.25) is 0 Å². The highest BCUT2D eigenvalue weighted by Gasteiger charge is 2.03. The van der Waals surface area contributed by atoms with Crippen molar-refractivity contribution in [2.24, 2.45) is 0 Å². The van der Waals surface area contributed by atoms with Crippen LogP contribution in [0.3, 0.4) is 0 Å². The number of hydrogen-bond acceptors (Lipinski definition) is 2. The Kier molecular flexibility index (Phi) is 3.02. The maximum absolute atomic E-state index is 5.98. The van der Waals surface area contributed by atoms with Crippen molar-refractivity contribution in [2.75, 3.05) is 11.1 Å². The summed E-state index contributed by atoms with van der Waals surface area (Å²) in [6.45, 7) is 1.96. The average molecular weight is 233 g/mol. The Hall–Kier alpha value is -1.67. The zero-order valence-electron chi connectivity index (χ0n) is 9.00. The third-order valence-corrected chi connectivity index (χ3v) is 2.79. The van der Waals surface area contributed by atoms with Gasteiger partial charge in [0.05, 0.1) is 11.4 Å². The summed E-state index contributed by atoms with van der Waals surface area (Å²) in [6.07, 6.45) is 0. The Morgan fingerprint density at radius 3 is 2.50 bits per heavy atom. The smallest absolute Gasteiger partial charge is 0.0621 e. The van der Waals surface area contributed by atoms with Crippen molar-refractivity contribution in [3.8, 4) is 0 Å². The molecule has 2 nitrogen and oxygen atoms in total. The van der Waals surface area contributed by atoms with Crippen molar-refractivity contribution < 1.29 is 0 Å². The molecule has 2 aromatic carbocycles. The quantitative estimate of drug-likeness (QED) is 0.769. The lowest BCUT2D eigenvalue weighted by Gasteiger charge is -2.11. The maximum Gasteiger partial charge on any atom is 0.0621 e. The highest BCUT2D eigenvalue weighted by Crippen LogP contribution is 2.28. The van der Waals surface area contributed by atoms with Gasteiger partial charge in [0.1, 0.15) is 0 Å². The normalized spacial score (nSPS) is 10.1. The van der Waals surface area contributed by atoms with Gasteiger partial charge < -0.3 is 11.1 Å². The van der Waals surface area contributed by atoms with Crippen LogP contribution < -0.4 is 11.1 Å². The van der Waals surface area contributed by atoms with Crippen molar-refractivity contribution in [2.45, 2.75) is 6.92 Å². The molecule has 0 aliphatic carbocycles. The number of anilines is 3. The SMILES string of the molecule is Cc1cc(Nc2ccccc2)c(N)cc1Cl. The fourth-order valence-electron chi connectivity index (χ4n) is 1.48. The molecule has 0 radical (unpaired) electrons. The molecule has 0 atom stereocenters. The van der Waals surface area contributed by atoms with E-state index in [-0.39, 0.29) is 0 Å². The van der Waals surface area contributed by atoms with Gasteiger partial charge >= 0.3 is 0 Å². The summed E-state index contributed by atoms with van der Waals surface area (Å²) in [5, 5.41) is 3.95. The highest BCUT2D eigenvalue weighted by atomic mass is 35.5. The van der Waals surface area contributed by atoms with Gasteiger partial charge in [-0.25, -0.2) is 0 Å². The first-order chi connectivity index (χ1) is 7.66. The van der Waals surface area contributed by atoms with E-state index in [0.717, 1.165) is 16.9 Å². The van der Waals surface area contributed by atoms with Crippen LogP contribution in [-0.2, 0) is 0 Å². The lowest BCUT2D eigenvalue weighted by Crippen LogP contribution is -1.97. The van der Waals surface area contributed by atoms with Crippen LogP contribution in [0.25, 0.3) is 0 Å². The summed E-state index contributed by atoms with van der Waals surface area (Å²) in [6, 6.07) is 13.6. The van der Waals surface area contributed by atoms with E-state index in [1.165, 1.54) is 0 Å². The van der Waals surface area contributed by atoms with Gasteiger partial charge in [0, 0.05) is 10.7 Å². The van der Waals surface area contributed by atoms with Crippen molar-refractivity contribution in [1.82, 2.24) is 0 Å². The predicted molar refractivity (Wildman–Crippen MR) is 70.3 cm³/mol. The zero-order valence-corrected chi connectivity index (χ0v) is 9.75. The van der Waals surface area contributed by atoms with E-state index in [1.807, 2.05) is 43.3 Å². The number of nitrogen functional groups attached to an aromatic ring is 1. The number of hydrogen-bond donors (Lipinski definition) is 2. The van der Waals surface area contributed by atoms with Gasteiger partial charge in [-0.05, 0) is 36.8 Å². The van der Waals surface area contributed by atoms with Gasteiger partial charge in [0.15, 0.2) is 0 Å². The molecule has 0 aliphatic heterocycles. The average Bonchev–Trinajstić information content (AvgIpc) is 2.27. The van der Waals surface area contributed by atoms with Gasteiger partial charge in [-0.2, -0.15) is 0 Å². The molecule has 0 aliphatic rings. The highest BCUT2D eigenvalue weighted by molar-refractivity contribution is 6.31. The van der Waals surface area contributed by atoms with Gasteiger partial charge in [0.2, 0.25) is 0 Å². The molecule has 0 amide bonds. The van der Waals surface area contributed by atoms with Crippen LogP contribution in [0.1, 0.15) is 5.56 Å². The van der Waals surface area contributed by atoms with Crippen LogP contribution >= 0.6 is 11.6 Å². The first kappa shape index (κ1) is 10.8. The summed E-state index contributed by atoms with van der Waals surface area (Å²) < 4.78 is 0. The number of halogens is 1. The van der Waals surface area contributed by atoms with E-state index in [1.54, 1.807) is 6.07 Å². The molecule has 0 aromatic heterocycles. The Morgan fingerprint density at radius 2 is 1.81 bits per heavy atom. The Morgan fingerprint density at radius 1 is 1.12 bits per heavy atom. The zero-order chi connectivity index (χ0) is 11.5. The van der Waals surface area contributed by atoms with E-state index in [4.69, 9.17) is 17.3 Å². The Labute approximate surface area is 100 Å². The molecule has 2 aromatic rings. The molecular formula is C13H13ClN2. The molecule has 0 unspecified atom stereocenters.